The predicted octanol–water partition coefficient (Wildman–Crippen LogP) is 4.21. The zero-order chi connectivity index (χ0) is 9.68. The first-order chi connectivity index (χ1) is 6.36. The SMILES string of the molecule is CC.Cc1nc(-c2cccs2)cs1. The first-order valence-electron chi connectivity index (χ1n) is 4.32. The fourth-order valence-electron chi connectivity index (χ4n) is 0.901. The maximum atomic E-state index is 4.38. The molecule has 0 fully saturated rings. The third-order valence-electron chi connectivity index (χ3n) is 1.39. The Morgan fingerprint density at radius 1 is 1.23 bits per heavy atom. The zero-order valence-corrected chi connectivity index (χ0v) is 9.71. The Labute approximate surface area is 87.1 Å². The minimum Gasteiger partial charge on any atom is -0.241 e. The van der Waals surface area contributed by atoms with Crippen molar-refractivity contribution in [2.24, 2.45) is 0 Å². The van der Waals surface area contributed by atoms with E-state index in [0.717, 1.165) is 10.7 Å². The van der Waals surface area contributed by atoms with E-state index in [-0.39, 0.29) is 0 Å². The van der Waals surface area contributed by atoms with Gasteiger partial charge >= 0.3 is 0 Å². The van der Waals surface area contributed by atoms with Gasteiger partial charge < -0.3 is 0 Å². The van der Waals surface area contributed by atoms with Crippen LogP contribution in [-0.4, -0.2) is 4.98 Å². The number of hydrogen-bond donors (Lipinski definition) is 0. The van der Waals surface area contributed by atoms with Crippen LogP contribution >= 0.6 is 22.7 Å². The van der Waals surface area contributed by atoms with E-state index in [0.29, 0.717) is 0 Å². The summed E-state index contributed by atoms with van der Waals surface area (Å²) < 4.78 is 0. The lowest BCUT2D eigenvalue weighted by molar-refractivity contribution is 1.31. The molecule has 0 N–H and O–H groups in total. The fourth-order valence-corrected chi connectivity index (χ4v) is 2.27. The minimum absolute atomic E-state index is 1.11. The van der Waals surface area contributed by atoms with Gasteiger partial charge in [0.2, 0.25) is 0 Å². The van der Waals surface area contributed by atoms with Crippen LogP contribution in [0.1, 0.15) is 18.9 Å². The van der Waals surface area contributed by atoms with Crippen LogP contribution in [0.15, 0.2) is 22.9 Å². The molecular weight excluding hydrogens is 198 g/mol. The monoisotopic (exact) mass is 211 g/mol. The van der Waals surface area contributed by atoms with Crippen molar-refractivity contribution in [1.82, 2.24) is 4.98 Å². The van der Waals surface area contributed by atoms with Gasteiger partial charge in [-0.1, -0.05) is 19.9 Å². The summed E-state index contributed by atoms with van der Waals surface area (Å²) in [7, 11) is 0. The molecule has 2 rings (SSSR count). The fraction of sp³-hybridized carbons (Fsp3) is 0.300. The number of rotatable bonds is 1. The number of thiophene rings is 1. The molecule has 0 bridgehead atoms. The summed E-state index contributed by atoms with van der Waals surface area (Å²) in [6, 6.07) is 4.15. The molecule has 0 amide bonds. The quantitative estimate of drug-likeness (QED) is 0.688. The number of aryl methyl sites for hydroxylation is 1. The van der Waals surface area contributed by atoms with Crippen LogP contribution in [0.5, 0.6) is 0 Å². The topological polar surface area (TPSA) is 12.9 Å². The molecule has 2 aromatic heterocycles. The predicted molar refractivity (Wildman–Crippen MR) is 61.5 cm³/mol. The highest BCUT2D eigenvalue weighted by Gasteiger charge is 2.00. The van der Waals surface area contributed by atoms with Crippen molar-refractivity contribution < 1.29 is 0 Å². The highest BCUT2D eigenvalue weighted by atomic mass is 32.1. The molecule has 0 aromatic carbocycles. The van der Waals surface area contributed by atoms with Gasteiger partial charge in [0.1, 0.15) is 0 Å². The van der Waals surface area contributed by atoms with Crippen LogP contribution in [0.4, 0.5) is 0 Å². The molecule has 0 saturated carbocycles. The molecule has 3 heteroatoms. The van der Waals surface area contributed by atoms with Crippen LogP contribution in [0.2, 0.25) is 0 Å². The summed E-state index contributed by atoms with van der Waals surface area (Å²) in [6.45, 7) is 6.03. The lowest BCUT2D eigenvalue weighted by Gasteiger charge is -1.85. The Kier molecular flexibility index (Phi) is 4.12. The van der Waals surface area contributed by atoms with Gasteiger partial charge in [-0.3, -0.25) is 0 Å². The van der Waals surface area contributed by atoms with E-state index in [9.17, 15) is 0 Å². The summed E-state index contributed by atoms with van der Waals surface area (Å²) in [5.74, 6) is 0. The average molecular weight is 211 g/mol. The largest absolute Gasteiger partial charge is 0.241 e. The molecular formula is C10H13NS2. The van der Waals surface area contributed by atoms with Crippen molar-refractivity contribution in [3.05, 3.63) is 27.9 Å². The van der Waals surface area contributed by atoms with Gasteiger partial charge in [-0.2, -0.15) is 0 Å². The van der Waals surface area contributed by atoms with Crippen LogP contribution in [0, 0.1) is 6.92 Å². The van der Waals surface area contributed by atoms with E-state index in [4.69, 9.17) is 0 Å². The Balaban J connectivity index is 0.000000396. The molecule has 0 saturated heterocycles. The van der Waals surface area contributed by atoms with E-state index in [1.165, 1.54) is 4.88 Å². The standard InChI is InChI=1S/C8H7NS2.C2H6/c1-6-9-7(5-11-6)8-3-2-4-10-8;1-2/h2-5H,1H3;1-2H3. The lowest BCUT2D eigenvalue weighted by Crippen LogP contribution is -1.70. The molecule has 0 radical (unpaired) electrons. The molecule has 13 heavy (non-hydrogen) atoms. The van der Waals surface area contributed by atoms with Gasteiger partial charge in [0.15, 0.2) is 0 Å². The Morgan fingerprint density at radius 3 is 2.46 bits per heavy atom. The zero-order valence-electron chi connectivity index (χ0n) is 8.07. The van der Waals surface area contributed by atoms with Crippen molar-refractivity contribution in [3.8, 4) is 10.6 Å². The smallest absolute Gasteiger partial charge is 0.0914 e. The van der Waals surface area contributed by atoms with Crippen molar-refractivity contribution in [2.75, 3.05) is 0 Å². The van der Waals surface area contributed by atoms with E-state index in [1.807, 2.05) is 20.8 Å². The second-order valence-electron chi connectivity index (χ2n) is 2.23. The normalized spacial score (nSPS) is 9.15. The highest BCUT2D eigenvalue weighted by Crippen LogP contribution is 2.25. The maximum absolute atomic E-state index is 4.38. The summed E-state index contributed by atoms with van der Waals surface area (Å²) in [4.78, 5) is 5.64. The van der Waals surface area contributed by atoms with Crippen molar-refractivity contribution >= 4 is 22.7 Å². The van der Waals surface area contributed by atoms with Crippen molar-refractivity contribution in [3.63, 3.8) is 0 Å². The molecule has 0 aliphatic carbocycles. The van der Waals surface area contributed by atoms with Gasteiger partial charge in [0.05, 0.1) is 15.6 Å². The Bertz CT molecular complexity index is 335. The first-order valence-corrected chi connectivity index (χ1v) is 6.08. The van der Waals surface area contributed by atoms with Crippen molar-refractivity contribution in [2.45, 2.75) is 20.8 Å². The second-order valence-corrected chi connectivity index (χ2v) is 4.24. The van der Waals surface area contributed by atoms with Gasteiger partial charge in [-0.25, -0.2) is 4.98 Å². The maximum Gasteiger partial charge on any atom is 0.0914 e. The van der Waals surface area contributed by atoms with E-state index in [2.05, 4.69) is 27.9 Å². The van der Waals surface area contributed by atoms with Gasteiger partial charge in [0, 0.05) is 5.38 Å². The molecule has 2 aromatic rings. The van der Waals surface area contributed by atoms with Crippen LogP contribution in [0.3, 0.4) is 0 Å². The van der Waals surface area contributed by atoms with E-state index >= 15 is 0 Å². The molecule has 70 valence electrons. The van der Waals surface area contributed by atoms with Gasteiger partial charge in [-0.15, -0.1) is 22.7 Å². The number of hydrogen-bond acceptors (Lipinski definition) is 3. The molecule has 0 atom stereocenters. The summed E-state index contributed by atoms with van der Waals surface area (Å²) in [6.07, 6.45) is 0. The molecule has 0 aliphatic heterocycles. The Hall–Kier alpha value is -0.670. The number of aromatic nitrogens is 1. The van der Waals surface area contributed by atoms with E-state index < -0.39 is 0 Å². The highest BCUT2D eigenvalue weighted by molar-refractivity contribution is 7.14. The van der Waals surface area contributed by atoms with Crippen LogP contribution < -0.4 is 0 Å². The lowest BCUT2D eigenvalue weighted by atomic mass is 10.4. The first kappa shape index (κ1) is 10.4. The molecule has 0 spiro atoms. The summed E-state index contributed by atoms with van der Waals surface area (Å²) in [5.41, 5.74) is 1.11. The molecule has 2 heterocycles. The Morgan fingerprint density at radius 2 is 2.00 bits per heavy atom. The number of nitrogens with zero attached hydrogens (tertiary/aromatic N) is 1. The third kappa shape index (κ3) is 2.64. The number of thiazole rings is 1. The van der Waals surface area contributed by atoms with Crippen LogP contribution in [-0.2, 0) is 0 Å². The summed E-state index contributed by atoms with van der Waals surface area (Å²) >= 11 is 3.43. The van der Waals surface area contributed by atoms with E-state index in [1.54, 1.807) is 22.7 Å². The van der Waals surface area contributed by atoms with Crippen LogP contribution in [0.25, 0.3) is 10.6 Å². The van der Waals surface area contributed by atoms with Gasteiger partial charge in [-0.05, 0) is 18.4 Å². The molecule has 0 aliphatic rings. The minimum atomic E-state index is 1.11. The third-order valence-corrected chi connectivity index (χ3v) is 3.06. The van der Waals surface area contributed by atoms with Gasteiger partial charge in [0.25, 0.3) is 0 Å². The average Bonchev–Trinajstić information content (AvgIpc) is 2.77. The summed E-state index contributed by atoms with van der Waals surface area (Å²) in [5, 5.41) is 5.30. The van der Waals surface area contributed by atoms with Crippen molar-refractivity contribution in [1.29, 1.82) is 0 Å². The molecule has 1 nitrogen and oxygen atoms in total. The second kappa shape index (κ2) is 5.14. The molecule has 0 unspecified atom stereocenters.